The summed E-state index contributed by atoms with van der Waals surface area (Å²) in [7, 11) is -2.26. The number of amides is 1. The van der Waals surface area contributed by atoms with Crippen molar-refractivity contribution in [2.75, 3.05) is 25.0 Å². The molecule has 3 heterocycles. The van der Waals surface area contributed by atoms with Crippen molar-refractivity contribution in [1.82, 2.24) is 14.6 Å². The summed E-state index contributed by atoms with van der Waals surface area (Å²) < 4.78 is 49.4. The van der Waals surface area contributed by atoms with E-state index in [9.17, 15) is 17.6 Å². The summed E-state index contributed by atoms with van der Waals surface area (Å²) in [6, 6.07) is 4.01. The first kappa shape index (κ1) is 19.9. The zero-order valence-electron chi connectivity index (χ0n) is 16.2. The second-order valence-electron chi connectivity index (χ2n) is 7.49. The van der Waals surface area contributed by atoms with Crippen molar-refractivity contribution >= 4 is 21.6 Å². The number of sulfonamides is 1. The lowest BCUT2D eigenvalue weighted by atomic mass is 9.95. The van der Waals surface area contributed by atoms with Gasteiger partial charge >= 0.3 is 0 Å². The predicted octanol–water partition coefficient (Wildman–Crippen LogP) is 1.37. The molecule has 0 radical (unpaired) electrons. The number of hydrogen-bond donors (Lipinski definition) is 3. The molecular formula is C19H23FN4O4S. The predicted molar refractivity (Wildman–Crippen MR) is 105 cm³/mol. The molecule has 0 aliphatic carbocycles. The smallest absolute Gasteiger partial charge is 0.276 e. The summed E-state index contributed by atoms with van der Waals surface area (Å²) in [6.45, 7) is 3.24. The number of aryl methyl sites for hydroxylation is 2. The van der Waals surface area contributed by atoms with E-state index in [2.05, 4.69) is 15.4 Å². The van der Waals surface area contributed by atoms with Crippen molar-refractivity contribution in [1.29, 1.82) is 0 Å². The van der Waals surface area contributed by atoms with Gasteiger partial charge in [-0.2, -0.15) is 0 Å². The van der Waals surface area contributed by atoms with Gasteiger partial charge in [-0.1, -0.05) is 0 Å². The second kappa shape index (κ2) is 7.43. The number of fused-ring (bicyclic) bond motifs is 2. The van der Waals surface area contributed by atoms with E-state index in [1.54, 1.807) is 14.0 Å². The highest BCUT2D eigenvalue weighted by molar-refractivity contribution is 7.89. The minimum atomic E-state index is -3.85. The van der Waals surface area contributed by atoms with E-state index in [1.807, 2.05) is 0 Å². The van der Waals surface area contributed by atoms with E-state index in [4.69, 9.17) is 4.74 Å². The van der Waals surface area contributed by atoms with Crippen molar-refractivity contribution in [3.05, 3.63) is 41.5 Å². The Morgan fingerprint density at radius 2 is 2.17 bits per heavy atom. The summed E-state index contributed by atoms with van der Waals surface area (Å²) >= 11 is 0. The summed E-state index contributed by atoms with van der Waals surface area (Å²) in [5.41, 5.74) is 0.894. The van der Waals surface area contributed by atoms with Crippen molar-refractivity contribution in [3.8, 4) is 5.75 Å². The van der Waals surface area contributed by atoms with Crippen molar-refractivity contribution in [2.24, 2.45) is 13.0 Å². The Balaban J connectivity index is 1.69. The Hall–Kier alpha value is -2.43. The zero-order valence-corrected chi connectivity index (χ0v) is 17.0. The molecular weight excluding hydrogens is 399 g/mol. The first-order chi connectivity index (χ1) is 13.8. The van der Waals surface area contributed by atoms with Crippen molar-refractivity contribution < 1.29 is 22.3 Å². The largest absolute Gasteiger partial charge is 0.489 e. The molecule has 2 aliphatic heterocycles. The normalized spacial score (nSPS) is 23.1. The van der Waals surface area contributed by atoms with Gasteiger partial charge in [0.25, 0.3) is 5.91 Å². The van der Waals surface area contributed by atoms with Gasteiger partial charge in [0.15, 0.2) is 11.4 Å². The minimum absolute atomic E-state index is 0.0281. The Bertz CT molecular complexity index is 1070. The van der Waals surface area contributed by atoms with E-state index in [-0.39, 0.29) is 40.7 Å². The molecule has 1 saturated heterocycles. The van der Waals surface area contributed by atoms with Gasteiger partial charge in [-0.15, -0.1) is 0 Å². The second-order valence-corrected chi connectivity index (χ2v) is 9.17. The van der Waals surface area contributed by atoms with Gasteiger partial charge in [-0.05, 0) is 43.7 Å². The summed E-state index contributed by atoms with van der Waals surface area (Å²) in [6.07, 6.45) is 2.05. The SMILES string of the molecule is Cc1cc(NC(=O)c2c3c(cn2C)S(=O)(=O)N[C@H]2CCNC[C@H]2CO3)ccc1F. The molecule has 4 rings (SSSR count). The summed E-state index contributed by atoms with van der Waals surface area (Å²) in [4.78, 5) is 12.9. The van der Waals surface area contributed by atoms with Gasteiger partial charge in [0.05, 0.1) is 6.61 Å². The number of carbonyl (C=O) groups is 1. The number of halogens is 1. The number of hydrogen-bond acceptors (Lipinski definition) is 5. The van der Waals surface area contributed by atoms with E-state index in [1.165, 1.54) is 29.0 Å². The molecule has 0 bridgehead atoms. The highest BCUT2D eigenvalue weighted by Crippen LogP contribution is 2.34. The topological polar surface area (TPSA) is 101 Å². The molecule has 0 saturated carbocycles. The molecule has 2 atom stereocenters. The molecule has 29 heavy (non-hydrogen) atoms. The molecule has 1 aromatic heterocycles. The van der Waals surface area contributed by atoms with Crippen LogP contribution in [0.15, 0.2) is 29.3 Å². The fraction of sp³-hybridized carbons (Fsp3) is 0.421. The molecule has 0 unspecified atom stereocenters. The quantitative estimate of drug-likeness (QED) is 0.679. The molecule has 3 N–H and O–H groups in total. The number of ether oxygens (including phenoxy) is 1. The highest BCUT2D eigenvalue weighted by Gasteiger charge is 2.37. The number of nitrogens with one attached hydrogen (secondary N) is 3. The molecule has 2 aliphatic rings. The Kier molecular flexibility index (Phi) is 5.09. The van der Waals surface area contributed by atoms with Crippen LogP contribution in [0.2, 0.25) is 0 Å². The third kappa shape index (κ3) is 3.75. The maximum atomic E-state index is 13.5. The van der Waals surface area contributed by atoms with Crippen LogP contribution in [0, 0.1) is 18.7 Å². The van der Waals surface area contributed by atoms with Crippen molar-refractivity contribution in [2.45, 2.75) is 24.3 Å². The average Bonchev–Trinajstić information content (AvgIpc) is 3.00. The van der Waals surface area contributed by atoms with Crippen molar-refractivity contribution in [3.63, 3.8) is 0 Å². The van der Waals surface area contributed by atoms with Crippen LogP contribution < -0.4 is 20.1 Å². The lowest BCUT2D eigenvalue weighted by molar-refractivity contribution is 0.101. The standard InChI is InChI=1S/C19H23FN4O4S/c1-11-7-13(3-4-14(11)20)22-19(25)17-18-16(9-24(17)2)29(26,27)23-15-5-6-21-8-12(15)10-28-18/h3-4,7,9,12,15,21,23H,5-6,8,10H2,1-2H3,(H,22,25)/t12-,15-/m0/s1. The van der Waals surface area contributed by atoms with Crippen LogP contribution >= 0.6 is 0 Å². The van der Waals surface area contributed by atoms with Crippen LogP contribution in [0.5, 0.6) is 5.75 Å². The summed E-state index contributed by atoms with van der Waals surface area (Å²) in [5.74, 6) is -0.917. The average molecular weight is 422 g/mol. The molecule has 1 fully saturated rings. The Morgan fingerprint density at radius 3 is 2.93 bits per heavy atom. The number of benzene rings is 1. The van der Waals surface area contributed by atoms with Gasteiger partial charge < -0.3 is 19.9 Å². The third-order valence-electron chi connectivity index (χ3n) is 5.38. The van der Waals surface area contributed by atoms with Crippen LogP contribution in [0.3, 0.4) is 0 Å². The fourth-order valence-electron chi connectivity index (χ4n) is 3.79. The Labute approximate surface area is 168 Å². The minimum Gasteiger partial charge on any atom is -0.489 e. The van der Waals surface area contributed by atoms with E-state index in [0.717, 1.165) is 6.54 Å². The molecule has 1 amide bonds. The first-order valence-electron chi connectivity index (χ1n) is 9.39. The van der Waals surface area contributed by atoms with Gasteiger partial charge in [0.1, 0.15) is 10.7 Å². The van der Waals surface area contributed by atoms with E-state index < -0.39 is 15.9 Å². The molecule has 10 heteroatoms. The third-order valence-corrected chi connectivity index (χ3v) is 6.86. The lowest BCUT2D eigenvalue weighted by Crippen LogP contribution is -2.52. The van der Waals surface area contributed by atoms with E-state index in [0.29, 0.717) is 24.2 Å². The monoisotopic (exact) mass is 422 g/mol. The first-order valence-corrected chi connectivity index (χ1v) is 10.9. The van der Waals surface area contributed by atoms with E-state index >= 15 is 0 Å². The highest BCUT2D eigenvalue weighted by atomic mass is 32.2. The number of aromatic nitrogens is 1. The molecule has 1 aromatic carbocycles. The molecule has 156 valence electrons. The van der Waals surface area contributed by atoms with Crippen LogP contribution in [0.1, 0.15) is 22.5 Å². The van der Waals surface area contributed by atoms with Crippen LogP contribution in [-0.2, 0) is 17.1 Å². The maximum absolute atomic E-state index is 13.5. The molecule has 8 nitrogen and oxygen atoms in total. The zero-order chi connectivity index (χ0) is 20.8. The number of nitrogens with zero attached hydrogens (tertiary/aromatic N) is 1. The maximum Gasteiger partial charge on any atom is 0.276 e. The Morgan fingerprint density at radius 1 is 1.38 bits per heavy atom. The lowest BCUT2D eigenvalue weighted by Gasteiger charge is -2.34. The number of rotatable bonds is 2. The number of piperidine rings is 1. The van der Waals surface area contributed by atoms with Crippen LogP contribution in [-0.4, -0.2) is 44.6 Å². The van der Waals surface area contributed by atoms with Gasteiger partial charge in [-0.3, -0.25) is 4.79 Å². The number of carbonyl (C=O) groups excluding carboxylic acids is 1. The number of anilines is 1. The van der Waals surface area contributed by atoms with Crippen LogP contribution in [0.25, 0.3) is 0 Å². The molecule has 0 spiro atoms. The fourth-order valence-corrected chi connectivity index (χ4v) is 5.32. The van der Waals surface area contributed by atoms with Gasteiger partial charge in [-0.25, -0.2) is 17.5 Å². The van der Waals surface area contributed by atoms with Crippen LogP contribution in [0.4, 0.5) is 10.1 Å². The summed E-state index contributed by atoms with van der Waals surface area (Å²) in [5, 5.41) is 5.93. The van der Waals surface area contributed by atoms with Gasteiger partial charge in [0, 0.05) is 37.4 Å². The van der Waals surface area contributed by atoms with Gasteiger partial charge in [0.2, 0.25) is 10.0 Å². The molecule has 2 aromatic rings.